The molecule has 0 N–H and O–H groups in total. The molecule has 0 saturated carbocycles. The van der Waals surface area contributed by atoms with Crippen molar-refractivity contribution in [2.45, 2.75) is 0 Å². The molecule has 1 heterocycles. The number of hydrogen-bond donors (Lipinski definition) is 0. The molecule has 0 atom stereocenters. The van der Waals surface area contributed by atoms with Gasteiger partial charge in [0.25, 0.3) is 0 Å². The number of rotatable bonds is 7. The molecule has 0 radical (unpaired) electrons. The summed E-state index contributed by atoms with van der Waals surface area (Å²) < 4.78 is 6.58. The zero-order valence-electron chi connectivity index (χ0n) is 27.3. The second kappa shape index (κ2) is 12.7. The van der Waals surface area contributed by atoms with Crippen LogP contribution in [0.3, 0.4) is 0 Å². The first-order chi connectivity index (χ1) is 24.8. The topological polar surface area (TPSA) is 29.3 Å². The van der Waals surface area contributed by atoms with E-state index in [0.29, 0.717) is 5.89 Å². The largest absolute Gasteiger partial charge is 0.435 e. The summed E-state index contributed by atoms with van der Waals surface area (Å²) in [6.45, 7) is 0. The lowest BCUT2D eigenvalue weighted by atomic mass is 9.97. The molecule has 9 aromatic rings. The summed E-state index contributed by atoms with van der Waals surface area (Å²) in [7, 11) is 0. The summed E-state index contributed by atoms with van der Waals surface area (Å²) >= 11 is 0. The smallest absolute Gasteiger partial charge is 0.227 e. The van der Waals surface area contributed by atoms with Gasteiger partial charge in [0.15, 0.2) is 5.58 Å². The Morgan fingerprint density at radius 2 is 0.940 bits per heavy atom. The van der Waals surface area contributed by atoms with Crippen molar-refractivity contribution in [3.05, 3.63) is 194 Å². The molecule has 0 spiro atoms. The molecule has 236 valence electrons. The first-order valence-electron chi connectivity index (χ1n) is 16.9. The number of benzene rings is 8. The van der Waals surface area contributed by atoms with Crippen LogP contribution in [0.1, 0.15) is 0 Å². The van der Waals surface area contributed by atoms with Gasteiger partial charge in [-0.2, -0.15) is 0 Å². The predicted molar refractivity (Wildman–Crippen MR) is 208 cm³/mol. The molecule has 8 aromatic carbocycles. The molecule has 0 unspecified atom stereocenters. The minimum absolute atomic E-state index is 0.614. The summed E-state index contributed by atoms with van der Waals surface area (Å²) in [5.74, 6) is 0.614. The maximum Gasteiger partial charge on any atom is 0.227 e. The third-order valence-corrected chi connectivity index (χ3v) is 9.31. The van der Waals surface area contributed by atoms with E-state index in [9.17, 15) is 0 Å². The maximum absolute atomic E-state index is 6.58. The van der Waals surface area contributed by atoms with Gasteiger partial charge in [-0.05, 0) is 87.6 Å². The first-order valence-corrected chi connectivity index (χ1v) is 16.9. The fraction of sp³-hybridized carbons (Fsp3) is 0. The standard InChI is InChI=1S/C47H32N2O/c1-4-14-34(15-5-1)43-30-31-44(46-45(43)48-47(50-46)36-17-6-2-7-18-36)35-26-28-39(29-27-35)49(38-21-8-3-9-22-38)40-23-12-20-37(32-40)42-25-13-19-33-16-10-11-24-41(33)42/h1-32H. The number of anilines is 3. The molecule has 3 heteroatoms. The Labute approximate surface area is 291 Å². The summed E-state index contributed by atoms with van der Waals surface area (Å²) in [6, 6.07) is 68.0. The van der Waals surface area contributed by atoms with Crippen LogP contribution in [0.2, 0.25) is 0 Å². The van der Waals surface area contributed by atoms with Crippen LogP contribution in [0.5, 0.6) is 0 Å². The van der Waals surface area contributed by atoms with Crippen LogP contribution in [-0.4, -0.2) is 4.98 Å². The van der Waals surface area contributed by atoms with Gasteiger partial charge in [-0.3, -0.25) is 0 Å². The molecular formula is C47H32N2O. The fourth-order valence-corrected chi connectivity index (χ4v) is 6.89. The Balaban J connectivity index is 1.14. The van der Waals surface area contributed by atoms with E-state index >= 15 is 0 Å². The molecule has 0 aliphatic rings. The Morgan fingerprint density at radius 1 is 0.380 bits per heavy atom. The average Bonchev–Trinajstić information content (AvgIpc) is 3.65. The van der Waals surface area contributed by atoms with Crippen LogP contribution in [0.15, 0.2) is 199 Å². The molecule has 0 fully saturated rings. The average molecular weight is 641 g/mol. The summed E-state index contributed by atoms with van der Waals surface area (Å²) in [6.07, 6.45) is 0. The van der Waals surface area contributed by atoms with Crippen molar-refractivity contribution >= 4 is 38.9 Å². The Hall–Kier alpha value is -6.71. The highest BCUT2D eigenvalue weighted by molar-refractivity contribution is 6.01. The van der Waals surface area contributed by atoms with E-state index in [1.807, 2.05) is 36.4 Å². The van der Waals surface area contributed by atoms with Crippen LogP contribution in [0, 0.1) is 0 Å². The molecule has 0 bridgehead atoms. The van der Waals surface area contributed by atoms with Gasteiger partial charge in [0.1, 0.15) is 5.52 Å². The lowest BCUT2D eigenvalue weighted by Gasteiger charge is -2.26. The zero-order valence-corrected chi connectivity index (χ0v) is 27.3. The number of hydrogen-bond acceptors (Lipinski definition) is 3. The van der Waals surface area contributed by atoms with E-state index < -0.39 is 0 Å². The zero-order chi connectivity index (χ0) is 33.3. The van der Waals surface area contributed by atoms with E-state index in [1.165, 1.54) is 21.9 Å². The van der Waals surface area contributed by atoms with Crippen molar-refractivity contribution < 1.29 is 4.42 Å². The van der Waals surface area contributed by atoms with Crippen molar-refractivity contribution in [3.8, 4) is 44.8 Å². The van der Waals surface area contributed by atoms with Gasteiger partial charge in [-0.25, -0.2) is 4.98 Å². The normalized spacial score (nSPS) is 11.2. The van der Waals surface area contributed by atoms with E-state index in [4.69, 9.17) is 9.40 Å². The third-order valence-electron chi connectivity index (χ3n) is 9.31. The van der Waals surface area contributed by atoms with Gasteiger partial charge in [0.2, 0.25) is 5.89 Å². The van der Waals surface area contributed by atoms with E-state index in [-0.39, 0.29) is 0 Å². The molecule has 0 aliphatic carbocycles. The molecule has 0 amide bonds. The van der Waals surface area contributed by atoms with Crippen molar-refractivity contribution in [2.24, 2.45) is 0 Å². The van der Waals surface area contributed by atoms with Gasteiger partial charge in [0, 0.05) is 33.8 Å². The van der Waals surface area contributed by atoms with Gasteiger partial charge >= 0.3 is 0 Å². The summed E-state index contributed by atoms with van der Waals surface area (Å²) in [4.78, 5) is 7.36. The van der Waals surface area contributed by atoms with E-state index in [0.717, 1.165) is 56.0 Å². The van der Waals surface area contributed by atoms with Crippen molar-refractivity contribution in [3.63, 3.8) is 0 Å². The van der Waals surface area contributed by atoms with Gasteiger partial charge in [0.05, 0.1) is 0 Å². The number of aromatic nitrogens is 1. The molecule has 1 aromatic heterocycles. The number of para-hydroxylation sites is 1. The number of fused-ring (bicyclic) bond motifs is 2. The fourth-order valence-electron chi connectivity index (χ4n) is 6.89. The summed E-state index contributed by atoms with van der Waals surface area (Å²) in [5, 5.41) is 2.48. The van der Waals surface area contributed by atoms with Crippen LogP contribution in [-0.2, 0) is 0 Å². The van der Waals surface area contributed by atoms with Crippen molar-refractivity contribution in [1.29, 1.82) is 0 Å². The lowest BCUT2D eigenvalue weighted by Crippen LogP contribution is -2.09. The van der Waals surface area contributed by atoms with Gasteiger partial charge in [-0.1, -0.05) is 140 Å². The third kappa shape index (κ3) is 5.41. The Morgan fingerprint density at radius 3 is 1.72 bits per heavy atom. The highest BCUT2D eigenvalue weighted by Gasteiger charge is 2.19. The SMILES string of the molecule is c1ccc(-c2nc3c(-c4ccccc4)ccc(-c4ccc(N(c5ccccc5)c5cccc(-c6cccc7ccccc67)c5)cc4)c3o2)cc1. The number of nitrogens with zero attached hydrogens (tertiary/aromatic N) is 2. The van der Waals surface area contributed by atoms with Crippen LogP contribution in [0.4, 0.5) is 17.1 Å². The molecule has 9 rings (SSSR count). The van der Waals surface area contributed by atoms with Crippen LogP contribution < -0.4 is 4.90 Å². The van der Waals surface area contributed by atoms with Crippen molar-refractivity contribution in [2.75, 3.05) is 4.90 Å². The Kier molecular flexibility index (Phi) is 7.49. The second-order valence-corrected chi connectivity index (χ2v) is 12.4. The maximum atomic E-state index is 6.58. The first kappa shape index (κ1) is 29.4. The minimum atomic E-state index is 0.614. The monoisotopic (exact) mass is 640 g/mol. The van der Waals surface area contributed by atoms with Crippen LogP contribution in [0.25, 0.3) is 66.7 Å². The lowest BCUT2D eigenvalue weighted by molar-refractivity contribution is 0.621. The molecular weight excluding hydrogens is 609 g/mol. The second-order valence-electron chi connectivity index (χ2n) is 12.4. The van der Waals surface area contributed by atoms with Gasteiger partial charge in [-0.15, -0.1) is 0 Å². The molecule has 3 nitrogen and oxygen atoms in total. The quantitative estimate of drug-likeness (QED) is 0.174. The summed E-state index contributed by atoms with van der Waals surface area (Å²) in [5.41, 5.74) is 12.5. The predicted octanol–water partition coefficient (Wildman–Crippen LogP) is 13.1. The highest BCUT2D eigenvalue weighted by atomic mass is 16.3. The van der Waals surface area contributed by atoms with Gasteiger partial charge < -0.3 is 9.32 Å². The molecule has 0 saturated heterocycles. The molecule has 50 heavy (non-hydrogen) atoms. The Bertz CT molecular complexity index is 2570. The van der Waals surface area contributed by atoms with Crippen molar-refractivity contribution in [1.82, 2.24) is 4.98 Å². The van der Waals surface area contributed by atoms with Crippen LogP contribution >= 0.6 is 0 Å². The molecule has 0 aliphatic heterocycles. The van der Waals surface area contributed by atoms with E-state index in [2.05, 4.69) is 163 Å². The van der Waals surface area contributed by atoms with E-state index in [1.54, 1.807) is 0 Å². The number of oxazole rings is 1. The highest BCUT2D eigenvalue weighted by Crippen LogP contribution is 2.41. The minimum Gasteiger partial charge on any atom is -0.435 e.